The normalized spacial score (nSPS) is 9.29. The van der Waals surface area contributed by atoms with Gasteiger partial charge in [0.1, 0.15) is 0 Å². The van der Waals surface area contributed by atoms with Crippen LogP contribution in [-0.4, -0.2) is 5.91 Å². The number of hydrogen-bond donors (Lipinski definition) is 1. The fourth-order valence-corrected chi connectivity index (χ4v) is 0.219. The van der Waals surface area contributed by atoms with Crippen LogP contribution in [0.2, 0.25) is 0 Å². The van der Waals surface area contributed by atoms with Gasteiger partial charge >= 0.3 is 0 Å². The van der Waals surface area contributed by atoms with Crippen LogP contribution in [0.5, 0.6) is 0 Å². The van der Waals surface area contributed by atoms with Crippen LogP contribution in [0.3, 0.4) is 0 Å². The highest BCUT2D eigenvalue weighted by Crippen LogP contribution is 1.70. The molecule has 0 unspecified atom stereocenters. The topological polar surface area (TPSA) is 29.1 Å². The molecule has 1 amide bonds. The monoisotopic (exact) mass is 116 g/mol. The Morgan fingerprint density at radius 2 is 2.43 bits per heavy atom. The van der Waals surface area contributed by atoms with Crippen LogP contribution in [0, 0.1) is 0 Å². The summed E-state index contributed by atoms with van der Waals surface area (Å²) < 4.78 is 0. The van der Waals surface area contributed by atoms with Gasteiger partial charge in [0.15, 0.2) is 0 Å². The fraction of sp³-hybridized carbons (Fsp3) is 0.250. The lowest BCUT2D eigenvalue weighted by molar-refractivity contribution is -0.118. The molecule has 0 fully saturated rings. The first kappa shape index (κ1) is 6.43. The SMILES string of the molecule is CC(=O)NC=C[S]. The van der Waals surface area contributed by atoms with E-state index in [0.717, 1.165) is 0 Å². The molecule has 0 aromatic carbocycles. The molecule has 2 nitrogen and oxygen atoms in total. The first-order valence-corrected chi connectivity index (χ1v) is 2.28. The van der Waals surface area contributed by atoms with Gasteiger partial charge in [-0.2, -0.15) is 0 Å². The Balaban J connectivity index is 3.14. The lowest BCUT2D eigenvalue weighted by atomic mass is 10.7. The van der Waals surface area contributed by atoms with E-state index in [9.17, 15) is 4.79 Å². The van der Waals surface area contributed by atoms with Crippen LogP contribution in [0.15, 0.2) is 11.6 Å². The third kappa shape index (κ3) is 5.43. The van der Waals surface area contributed by atoms with E-state index in [-0.39, 0.29) is 5.91 Å². The molecule has 0 aromatic rings. The van der Waals surface area contributed by atoms with E-state index in [2.05, 4.69) is 17.9 Å². The van der Waals surface area contributed by atoms with Crippen molar-refractivity contribution in [3.05, 3.63) is 11.6 Å². The maximum Gasteiger partial charge on any atom is 0.220 e. The number of amides is 1. The molecular weight excluding hydrogens is 110 g/mol. The van der Waals surface area contributed by atoms with Gasteiger partial charge in [-0.25, -0.2) is 0 Å². The summed E-state index contributed by atoms with van der Waals surface area (Å²) in [4.78, 5) is 9.99. The summed E-state index contributed by atoms with van der Waals surface area (Å²) in [5, 5.41) is 3.72. The van der Waals surface area contributed by atoms with Crippen molar-refractivity contribution in [3.63, 3.8) is 0 Å². The Hall–Kier alpha value is -0.570. The number of carbonyl (C=O) groups excluding carboxylic acids is 1. The quantitative estimate of drug-likeness (QED) is 0.539. The minimum atomic E-state index is -0.0962. The van der Waals surface area contributed by atoms with Gasteiger partial charge in [0, 0.05) is 18.5 Å². The van der Waals surface area contributed by atoms with Gasteiger partial charge in [-0.15, -0.1) is 0 Å². The lowest BCUT2D eigenvalue weighted by Crippen LogP contribution is -2.10. The second-order valence-electron chi connectivity index (χ2n) is 1.00. The summed E-state index contributed by atoms with van der Waals surface area (Å²) in [5.41, 5.74) is 0. The number of nitrogens with one attached hydrogen (secondary N) is 1. The Labute approximate surface area is 48.0 Å². The summed E-state index contributed by atoms with van der Waals surface area (Å²) in [6.45, 7) is 1.43. The van der Waals surface area contributed by atoms with E-state index in [1.807, 2.05) is 0 Å². The van der Waals surface area contributed by atoms with Gasteiger partial charge in [0.05, 0.1) is 0 Å². The third-order valence-corrected chi connectivity index (χ3v) is 0.491. The van der Waals surface area contributed by atoms with Crippen molar-refractivity contribution in [1.29, 1.82) is 0 Å². The molecule has 0 aliphatic carbocycles. The van der Waals surface area contributed by atoms with Crippen molar-refractivity contribution in [2.75, 3.05) is 0 Å². The maximum absolute atomic E-state index is 9.99. The molecule has 0 aromatic heterocycles. The van der Waals surface area contributed by atoms with E-state index in [4.69, 9.17) is 0 Å². The Morgan fingerprint density at radius 1 is 1.86 bits per heavy atom. The second kappa shape index (κ2) is 3.61. The number of hydrogen-bond acceptors (Lipinski definition) is 1. The zero-order valence-electron chi connectivity index (χ0n) is 3.97. The third-order valence-electron chi connectivity index (χ3n) is 0.355. The average molecular weight is 116 g/mol. The highest BCUT2D eigenvalue weighted by Gasteiger charge is 1.77. The zero-order chi connectivity index (χ0) is 5.70. The fourth-order valence-electron chi connectivity index (χ4n) is 0.151. The average Bonchev–Trinajstić information content (AvgIpc) is 1.61. The van der Waals surface area contributed by atoms with Crippen molar-refractivity contribution in [2.45, 2.75) is 6.92 Å². The summed E-state index contributed by atoms with van der Waals surface area (Å²) >= 11 is 4.38. The van der Waals surface area contributed by atoms with Gasteiger partial charge in [-0.3, -0.25) is 4.79 Å². The molecule has 1 N–H and O–H groups in total. The molecule has 39 valence electrons. The molecule has 3 heteroatoms. The van der Waals surface area contributed by atoms with Crippen LogP contribution in [-0.2, 0) is 4.79 Å². The van der Waals surface area contributed by atoms with Gasteiger partial charge in [0.25, 0.3) is 0 Å². The summed E-state index contributed by atoms with van der Waals surface area (Å²) in [5.74, 6) is -0.0962. The van der Waals surface area contributed by atoms with Gasteiger partial charge in [0.2, 0.25) is 5.91 Å². The largest absolute Gasteiger partial charge is 0.332 e. The highest BCUT2D eigenvalue weighted by atomic mass is 32.1. The smallest absolute Gasteiger partial charge is 0.220 e. The molecule has 0 saturated carbocycles. The van der Waals surface area contributed by atoms with Crippen LogP contribution in [0.25, 0.3) is 0 Å². The van der Waals surface area contributed by atoms with Crippen molar-refractivity contribution < 1.29 is 4.79 Å². The molecule has 0 heterocycles. The Kier molecular flexibility index (Phi) is 3.32. The molecule has 0 rings (SSSR count). The summed E-state index contributed by atoms with van der Waals surface area (Å²) in [7, 11) is 0. The van der Waals surface area contributed by atoms with E-state index in [1.165, 1.54) is 18.5 Å². The molecule has 0 atom stereocenters. The van der Waals surface area contributed by atoms with Gasteiger partial charge in [-0.1, -0.05) is 12.6 Å². The highest BCUT2D eigenvalue weighted by molar-refractivity contribution is 7.83. The predicted molar refractivity (Wildman–Crippen MR) is 30.5 cm³/mol. The first-order valence-electron chi connectivity index (χ1n) is 1.81. The first-order chi connectivity index (χ1) is 3.27. The minimum Gasteiger partial charge on any atom is -0.332 e. The van der Waals surface area contributed by atoms with Crippen molar-refractivity contribution in [3.8, 4) is 0 Å². The minimum absolute atomic E-state index is 0.0962. The van der Waals surface area contributed by atoms with Crippen molar-refractivity contribution in [2.24, 2.45) is 0 Å². The molecule has 0 aliphatic heterocycles. The predicted octanol–water partition coefficient (Wildman–Crippen LogP) is 0.791. The van der Waals surface area contributed by atoms with E-state index in [1.54, 1.807) is 0 Å². The second-order valence-corrected chi connectivity index (χ2v) is 1.28. The molecule has 1 radical (unpaired) electrons. The molecule has 0 saturated heterocycles. The molecule has 0 bridgehead atoms. The maximum atomic E-state index is 9.99. The van der Waals surface area contributed by atoms with Crippen LogP contribution < -0.4 is 5.32 Å². The van der Waals surface area contributed by atoms with Gasteiger partial charge in [-0.05, 0) is 0 Å². The summed E-state index contributed by atoms with van der Waals surface area (Å²) in [6.07, 6.45) is 1.41. The van der Waals surface area contributed by atoms with Crippen molar-refractivity contribution >= 4 is 18.5 Å². The van der Waals surface area contributed by atoms with Gasteiger partial charge < -0.3 is 5.32 Å². The number of rotatable bonds is 1. The number of carbonyl (C=O) groups is 1. The van der Waals surface area contributed by atoms with Crippen LogP contribution in [0.4, 0.5) is 0 Å². The molecule has 7 heavy (non-hydrogen) atoms. The molecule has 0 spiro atoms. The summed E-state index contributed by atoms with van der Waals surface area (Å²) in [6, 6.07) is 0. The molecule has 0 aliphatic rings. The Morgan fingerprint density at radius 3 is 2.57 bits per heavy atom. The molecular formula is C4H6NOS. The van der Waals surface area contributed by atoms with E-state index < -0.39 is 0 Å². The zero-order valence-corrected chi connectivity index (χ0v) is 4.79. The van der Waals surface area contributed by atoms with E-state index in [0.29, 0.717) is 0 Å². The van der Waals surface area contributed by atoms with Crippen molar-refractivity contribution in [1.82, 2.24) is 5.32 Å². The van der Waals surface area contributed by atoms with E-state index >= 15 is 0 Å². The Bertz CT molecular complexity index is 89.7. The van der Waals surface area contributed by atoms with Crippen LogP contribution >= 0.6 is 12.6 Å². The standard InChI is InChI=1S/C4H6NOS/c1-4(6)5-2-3-7/h2-3H,1H3,(H,5,6). The van der Waals surface area contributed by atoms with Crippen LogP contribution in [0.1, 0.15) is 6.92 Å². The lowest BCUT2D eigenvalue weighted by Gasteiger charge is -1.84.